The summed E-state index contributed by atoms with van der Waals surface area (Å²) < 4.78 is 7.40. The summed E-state index contributed by atoms with van der Waals surface area (Å²) in [6, 6.07) is 0. The second-order valence-corrected chi connectivity index (χ2v) is 13.8. The first-order chi connectivity index (χ1) is 13.8. The van der Waals surface area contributed by atoms with Crippen molar-refractivity contribution < 1.29 is 30.0 Å². The van der Waals surface area contributed by atoms with Crippen molar-refractivity contribution in [2.45, 2.75) is 81.6 Å². The lowest BCUT2D eigenvalue weighted by Crippen LogP contribution is -2.47. The van der Waals surface area contributed by atoms with E-state index in [1.807, 2.05) is 26.9 Å². The third kappa shape index (κ3) is 4.25. The summed E-state index contributed by atoms with van der Waals surface area (Å²) in [5.41, 5.74) is 0.570. The Morgan fingerprint density at radius 1 is 1.07 bits per heavy atom. The summed E-state index contributed by atoms with van der Waals surface area (Å²) in [7, 11) is -2.51. The number of rotatable bonds is 5. The summed E-state index contributed by atoms with van der Waals surface area (Å²) in [5.74, 6) is 0. The Bertz CT molecular complexity index is 891. The van der Waals surface area contributed by atoms with Crippen LogP contribution in [-0.4, -0.2) is 83.6 Å². The number of aliphatic hydroxyl groups is 4. The molecule has 1 fully saturated rings. The highest BCUT2D eigenvalue weighted by Crippen LogP contribution is 2.42. The van der Waals surface area contributed by atoms with Crippen molar-refractivity contribution in [1.29, 1.82) is 0 Å². The summed E-state index contributed by atoms with van der Waals surface area (Å²) in [5, 5.41) is 41.8. The van der Waals surface area contributed by atoms with Gasteiger partial charge >= 0.3 is 0 Å². The van der Waals surface area contributed by atoms with Gasteiger partial charge in [0.25, 0.3) is 0 Å². The highest BCUT2D eigenvalue weighted by molar-refractivity contribution is 6.72. The minimum absolute atomic E-state index is 0.121. The predicted molar refractivity (Wildman–Crippen MR) is 111 cm³/mol. The first kappa shape index (κ1) is 23.5. The van der Waals surface area contributed by atoms with Gasteiger partial charge in [0.15, 0.2) is 25.3 Å². The Morgan fingerprint density at radius 3 is 2.33 bits per heavy atom. The zero-order chi connectivity index (χ0) is 22.4. The maximum atomic E-state index is 10.7. The fraction of sp³-hybridized carbons (Fsp3) is 0.722. The molecular weight excluding hydrogens is 432 g/mol. The van der Waals surface area contributed by atoms with Gasteiger partial charge in [0.1, 0.15) is 36.3 Å². The summed E-state index contributed by atoms with van der Waals surface area (Å²) in [4.78, 5) is 22.7. The number of aliphatic hydroxyl groups excluding tert-OH is 4. The lowest BCUT2D eigenvalue weighted by molar-refractivity contribution is -0.141. The Balaban J connectivity index is 1.94. The van der Waals surface area contributed by atoms with Crippen molar-refractivity contribution in [2.24, 2.45) is 0 Å². The maximum absolute atomic E-state index is 10.7. The summed E-state index contributed by atoms with van der Waals surface area (Å²) in [6.45, 7) is 7.57. The number of aromatic nitrogens is 4. The lowest BCUT2D eigenvalue weighted by Gasteiger charge is -2.37. The van der Waals surface area contributed by atoms with Crippen LogP contribution in [0.3, 0.4) is 0 Å². The molecule has 168 valence electrons. The molecule has 1 saturated heterocycles. The average Bonchev–Trinajstić information content (AvgIpc) is 3.07. The molecular formula is C18H29ClN4O6Si. The Morgan fingerprint density at radius 2 is 1.70 bits per heavy atom. The standard InChI is InChI=1S/C18H29ClN4O6Si/c1-18(2,30(3,4)28)6-5-9-11(24)12(25)13(26)14(27)17(29-9)23-8-22-10-15(19)20-7-21-16(10)23/h7-9,11-14,17,24-28H,5-6H2,1-4H3/t9-,11-,12+,13-,14-,17-/m1/s1. The van der Waals surface area contributed by atoms with Gasteiger partial charge in [0.2, 0.25) is 0 Å². The van der Waals surface area contributed by atoms with Gasteiger partial charge in [-0.3, -0.25) is 4.57 Å². The van der Waals surface area contributed by atoms with Crippen LogP contribution in [0, 0.1) is 0 Å². The Hall–Kier alpha value is -1.18. The highest BCUT2D eigenvalue weighted by atomic mass is 35.5. The predicted octanol–water partition coefficient (Wildman–Crippen LogP) is 0.578. The van der Waals surface area contributed by atoms with Gasteiger partial charge in [-0.2, -0.15) is 0 Å². The summed E-state index contributed by atoms with van der Waals surface area (Å²) >= 11 is 6.04. The molecule has 0 spiro atoms. The van der Waals surface area contributed by atoms with Gasteiger partial charge in [-0.05, 0) is 31.0 Å². The van der Waals surface area contributed by atoms with E-state index in [0.29, 0.717) is 18.4 Å². The number of fused-ring (bicyclic) bond motifs is 1. The molecule has 0 unspecified atom stereocenters. The van der Waals surface area contributed by atoms with Crippen molar-refractivity contribution in [3.8, 4) is 0 Å². The lowest BCUT2D eigenvalue weighted by atomic mass is 9.95. The Kier molecular flexibility index (Phi) is 6.57. The van der Waals surface area contributed by atoms with Crippen molar-refractivity contribution >= 4 is 31.1 Å². The number of nitrogens with zero attached hydrogens (tertiary/aromatic N) is 4. The molecule has 5 N–H and O–H groups in total. The fourth-order valence-corrected chi connectivity index (χ4v) is 4.35. The minimum atomic E-state index is -2.51. The molecule has 30 heavy (non-hydrogen) atoms. The molecule has 0 amide bonds. The molecule has 0 bridgehead atoms. The van der Waals surface area contributed by atoms with Gasteiger partial charge < -0.3 is 30.0 Å². The SMILES string of the molecule is CC(C)(CC[C@H]1O[C@@H](n2cnc3c(Cl)ncnc32)[C@H](O)[C@H](O)[C@@H](O)[C@@H]1O)[Si](C)(C)O. The zero-order valence-corrected chi connectivity index (χ0v) is 19.1. The second kappa shape index (κ2) is 8.39. The molecule has 2 aromatic heterocycles. The van der Waals surface area contributed by atoms with Crippen molar-refractivity contribution in [1.82, 2.24) is 19.5 Å². The van der Waals surface area contributed by atoms with Crippen LogP contribution in [0.1, 0.15) is 32.9 Å². The normalized spacial score (nSPS) is 31.1. The molecule has 12 heteroatoms. The number of hydrogen-bond acceptors (Lipinski definition) is 9. The van der Waals surface area contributed by atoms with E-state index >= 15 is 0 Å². The summed E-state index contributed by atoms with van der Waals surface area (Å²) in [6.07, 6.45) is -5.01. The quantitative estimate of drug-likeness (QED) is 0.318. The molecule has 2 aromatic rings. The zero-order valence-electron chi connectivity index (χ0n) is 17.3. The molecule has 3 heterocycles. The van der Waals surface area contributed by atoms with E-state index in [1.165, 1.54) is 17.2 Å². The fourth-order valence-electron chi connectivity index (χ4n) is 3.42. The highest BCUT2D eigenvalue weighted by Gasteiger charge is 2.46. The van der Waals surface area contributed by atoms with E-state index in [9.17, 15) is 25.2 Å². The van der Waals surface area contributed by atoms with Gasteiger partial charge in [-0.15, -0.1) is 0 Å². The van der Waals surface area contributed by atoms with E-state index in [-0.39, 0.29) is 15.8 Å². The molecule has 3 rings (SSSR count). The van der Waals surface area contributed by atoms with Crippen molar-refractivity contribution in [3.05, 3.63) is 17.8 Å². The van der Waals surface area contributed by atoms with Crippen LogP contribution in [0.15, 0.2) is 12.7 Å². The van der Waals surface area contributed by atoms with E-state index in [2.05, 4.69) is 15.0 Å². The van der Waals surface area contributed by atoms with Gasteiger partial charge in [0, 0.05) is 0 Å². The maximum Gasteiger partial charge on any atom is 0.188 e. The van der Waals surface area contributed by atoms with E-state index in [0.717, 1.165) is 0 Å². The van der Waals surface area contributed by atoms with E-state index < -0.39 is 45.1 Å². The van der Waals surface area contributed by atoms with Crippen molar-refractivity contribution in [3.63, 3.8) is 0 Å². The van der Waals surface area contributed by atoms with Crippen LogP contribution in [0.2, 0.25) is 23.3 Å². The topological polar surface area (TPSA) is 154 Å². The van der Waals surface area contributed by atoms with Crippen LogP contribution >= 0.6 is 11.6 Å². The molecule has 10 nitrogen and oxygen atoms in total. The Labute approximate surface area is 180 Å². The third-order valence-electron chi connectivity index (χ3n) is 6.34. The monoisotopic (exact) mass is 460 g/mol. The smallest absolute Gasteiger partial charge is 0.188 e. The average molecular weight is 461 g/mol. The van der Waals surface area contributed by atoms with Crippen LogP contribution in [-0.2, 0) is 4.74 Å². The van der Waals surface area contributed by atoms with E-state index in [1.54, 1.807) is 0 Å². The van der Waals surface area contributed by atoms with Gasteiger partial charge in [0.05, 0.1) is 12.4 Å². The molecule has 1 aliphatic heterocycles. The molecule has 0 aliphatic carbocycles. The van der Waals surface area contributed by atoms with Crippen LogP contribution in [0.4, 0.5) is 0 Å². The first-order valence-electron chi connectivity index (χ1n) is 9.78. The van der Waals surface area contributed by atoms with Gasteiger partial charge in [-0.25, -0.2) is 15.0 Å². The largest absolute Gasteiger partial charge is 0.432 e. The van der Waals surface area contributed by atoms with Crippen LogP contribution in [0.25, 0.3) is 11.2 Å². The molecule has 0 radical (unpaired) electrons. The van der Waals surface area contributed by atoms with Crippen LogP contribution in [0.5, 0.6) is 0 Å². The minimum Gasteiger partial charge on any atom is -0.432 e. The first-order valence-corrected chi connectivity index (χ1v) is 13.1. The second-order valence-electron chi connectivity index (χ2n) is 9.00. The molecule has 1 aliphatic rings. The molecule has 0 aromatic carbocycles. The van der Waals surface area contributed by atoms with E-state index in [4.69, 9.17) is 16.3 Å². The number of halogens is 1. The number of imidazole rings is 1. The number of hydrogen-bond donors (Lipinski definition) is 5. The molecule has 6 atom stereocenters. The number of ether oxygens (including phenoxy) is 1. The molecule has 0 saturated carbocycles. The van der Waals surface area contributed by atoms with Gasteiger partial charge in [-0.1, -0.05) is 25.4 Å². The van der Waals surface area contributed by atoms with Crippen LogP contribution < -0.4 is 0 Å². The third-order valence-corrected chi connectivity index (χ3v) is 10.2. The van der Waals surface area contributed by atoms with Crippen molar-refractivity contribution in [2.75, 3.05) is 0 Å².